The van der Waals surface area contributed by atoms with Crippen LogP contribution in [0.15, 0.2) is 24.3 Å². The molecule has 0 aromatic heterocycles. The van der Waals surface area contributed by atoms with Crippen molar-refractivity contribution >= 4 is 0 Å². The van der Waals surface area contributed by atoms with E-state index in [1.807, 2.05) is 18.2 Å². The first-order chi connectivity index (χ1) is 9.76. The first-order valence-corrected chi connectivity index (χ1v) is 8.17. The summed E-state index contributed by atoms with van der Waals surface area (Å²) in [7, 11) is 0. The molecule has 1 aromatic carbocycles. The Morgan fingerprint density at radius 2 is 1.85 bits per heavy atom. The van der Waals surface area contributed by atoms with E-state index >= 15 is 0 Å². The molecular weight excluding hydrogens is 248 g/mol. The Balaban J connectivity index is 1.95. The minimum absolute atomic E-state index is 0.0652. The third-order valence-electron chi connectivity index (χ3n) is 4.53. The molecule has 20 heavy (non-hydrogen) atoms. The largest absolute Gasteiger partial charge is 0.508 e. The number of para-hydroxylation sites is 1. The molecule has 1 aliphatic rings. The summed E-state index contributed by atoms with van der Waals surface area (Å²) >= 11 is 0. The second-order valence-electron chi connectivity index (χ2n) is 6.12. The lowest BCUT2D eigenvalue weighted by molar-refractivity contribution is -0.0873. The molecule has 2 heteroatoms. The number of aromatic hydroxyl groups is 1. The molecule has 2 rings (SSSR count). The zero-order valence-corrected chi connectivity index (χ0v) is 12.7. The molecule has 0 radical (unpaired) electrons. The number of phenols is 1. The Kier molecular flexibility index (Phi) is 5.90. The molecule has 1 aromatic rings. The average Bonchev–Trinajstić information content (AvgIpc) is 2.48. The van der Waals surface area contributed by atoms with Crippen molar-refractivity contribution in [1.29, 1.82) is 0 Å². The molecule has 1 aliphatic carbocycles. The summed E-state index contributed by atoms with van der Waals surface area (Å²) in [4.78, 5) is 0. The highest BCUT2D eigenvalue weighted by Crippen LogP contribution is 2.37. The van der Waals surface area contributed by atoms with Gasteiger partial charge in [-0.3, -0.25) is 0 Å². The number of unbranched alkanes of at least 4 members (excludes halogenated alkanes) is 2. The van der Waals surface area contributed by atoms with E-state index in [4.69, 9.17) is 4.74 Å². The van der Waals surface area contributed by atoms with Gasteiger partial charge in [0.1, 0.15) is 5.75 Å². The first kappa shape index (κ1) is 15.4. The van der Waals surface area contributed by atoms with Crippen molar-refractivity contribution in [3.8, 4) is 5.75 Å². The Hall–Kier alpha value is -1.02. The summed E-state index contributed by atoms with van der Waals surface area (Å²) in [6.07, 6.45) is 11.3. The lowest BCUT2D eigenvalue weighted by Crippen LogP contribution is -2.35. The fourth-order valence-corrected chi connectivity index (χ4v) is 3.22. The molecule has 1 saturated carbocycles. The summed E-state index contributed by atoms with van der Waals surface area (Å²) in [5.41, 5.74) is 0.975. The molecule has 0 atom stereocenters. The van der Waals surface area contributed by atoms with Gasteiger partial charge in [-0.1, -0.05) is 63.6 Å². The molecular formula is C18H28O2. The van der Waals surface area contributed by atoms with E-state index in [0.29, 0.717) is 12.4 Å². The molecule has 112 valence electrons. The zero-order valence-electron chi connectivity index (χ0n) is 12.7. The lowest BCUT2D eigenvalue weighted by Gasteiger charge is -2.37. The maximum absolute atomic E-state index is 9.86. The Bertz CT molecular complexity index is 394. The van der Waals surface area contributed by atoms with Gasteiger partial charge in [0.25, 0.3) is 0 Å². The van der Waals surface area contributed by atoms with Crippen LogP contribution in [0.4, 0.5) is 0 Å². The van der Waals surface area contributed by atoms with Crippen LogP contribution in [-0.4, -0.2) is 10.7 Å². The predicted molar refractivity (Wildman–Crippen MR) is 82.9 cm³/mol. The predicted octanol–water partition coefficient (Wildman–Crippen LogP) is 5.19. The quantitative estimate of drug-likeness (QED) is 0.694. The molecule has 0 bridgehead atoms. The Morgan fingerprint density at radius 1 is 1.10 bits per heavy atom. The van der Waals surface area contributed by atoms with Crippen LogP contribution in [-0.2, 0) is 11.3 Å². The van der Waals surface area contributed by atoms with Gasteiger partial charge in [-0.25, -0.2) is 0 Å². The van der Waals surface area contributed by atoms with Crippen LogP contribution in [0.25, 0.3) is 0 Å². The number of hydrogen-bond acceptors (Lipinski definition) is 2. The van der Waals surface area contributed by atoms with E-state index in [9.17, 15) is 5.11 Å². The van der Waals surface area contributed by atoms with Crippen LogP contribution in [0.3, 0.4) is 0 Å². The van der Waals surface area contributed by atoms with Gasteiger partial charge in [0.2, 0.25) is 0 Å². The maximum Gasteiger partial charge on any atom is 0.121 e. The number of rotatable bonds is 7. The normalized spacial score (nSPS) is 18.1. The fraction of sp³-hybridized carbons (Fsp3) is 0.667. The third kappa shape index (κ3) is 4.24. The number of ether oxygens (including phenoxy) is 1. The van der Waals surface area contributed by atoms with Crippen LogP contribution in [0.2, 0.25) is 0 Å². The van der Waals surface area contributed by atoms with E-state index in [1.54, 1.807) is 6.07 Å². The number of hydrogen-bond donors (Lipinski definition) is 1. The van der Waals surface area contributed by atoms with Crippen LogP contribution >= 0.6 is 0 Å². The van der Waals surface area contributed by atoms with E-state index in [2.05, 4.69) is 6.92 Å². The monoisotopic (exact) mass is 276 g/mol. The van der Waals surface area contributed by atoms with Gasteiger partial charge in [-0.15, -0.1) is 0 Å². The van der Waals surface area contributed by atoms with E-state index < -0.39 is 0 Å². The van der Waals surface area contributed by atoms with Gasteiger partial charge in [0.15, 0.2) is 0 Å². The minimum Gasteiger partial charge on any atom is -0.508 e. The lowest BCUT2D eigenvalue weighted by atomic mass is 9.81. The van der Waals surface area contributed by atoms with E-state index in [0.717, 1.165) is 5.56 Å². The molecule has 1 N–H and O–H groups in total. The van der Waals surface area contributed by atoms with Gasteiger partial charge in [-0.2, -0.15) is 0 Å². The van der Waals surface area contributed by atoms with Crippen molar-refractivity contribution in [3.05, 3.63) is 29.8 Å². The molecule has 0 aliphatic heterocycles. The summed E-state index contributed by atoms with van der Waals surface area (Å²) in [6.45, 7) is 2.79. The number of benzene rings is 1. The molecule has 0 spiro atoms. The Morgan fingerprint density at radius 3 is 2.55 bits per heavy atom. The maximum atomic E-state index is 9.86. The van der Waals surface area contributed by atoms with E-state index in [-0.39, 0.29) is 5.60 Å². The summed E-state index contributed by atoms with van der Waals surface area (Å²) in [5.74, 6) is 0.354. The summed E-state index contributed by atoms with van der Waals surface area (Å²) in [5, 5.41) is 9.86. The fourth-order valence-electron chi connectivity index (χ4n) is 3.22. The second-order valence-corrected chi connectivity index (χ2v) is 6.12. The molecule has 0 heterocycles. The third-order valence-corrected chi connectivity index (χ3v) is 4.53. The van der Waals surface area contributed by atoms with Crippen molar-refractivity contribution in [2.75, 3.05) is 0 Å². The smallest absolute Gasteiger partial charge is 0.121 e. The van der Waals surface area contributed by atoms with Crippen LogP contribution < -0.4 is 0 Å². The van der Waals surface area contributed by atoms with Gasteiger partial charge in [0, 0.05) is 5.56 Å². The Labute approximate surface area is 123 Å². The van der Waals surface area contributed by atoms with Crippen LogP contribution in [0, 0.1) is 0 Å². The van der Waals surface area contributed by atoms with E-state index in [1.165, 1.54) is 57.8 Å². The minimum atomic E-state index is 0.0652. The highest BCUT2D eigenvalue weighted by Gasteiger charge is 2.32. The molecule has 0 unspecified atom stereocenters. The molecule has 0 saturated heterocycles. The van der Waals surface area contributed by atoms with Crippen LogP contribution in [0.1, 0.15) is 70.3 Å². The highest BCUT2D eigenvalue weighted by molar-refractivity contribution is 5.31. The molecule has 1 fully saturated rings. The van der Waals surface area contributed by atoms with Crippen LogP contribution in [0.5, 0.6) is 5.75 Å². The van der Waals surface area contributed by atoms with Crippen molar-refractivity contribution in [2.24, 2.45) is 0 Å². The SMILES string of the molecule is CCCCCC1(OCc2ccccc2O)CCCCC1. The molecule has 0 amide bonds. The average molecular weight is 276 g/mol. The first-order valence-electron chi connectivity index (χ1n) is 8.17. The van der Waals surface area contributed by atoms with Gasteiger partial charge in [-0.05, 0) is 25.3 Å². The van der Waals surface area contributed by atoms with Crippen molar-refractivity contribution < 1.29 is 9.84 Å². The van der Waals surface area contributed by atoms with Gasteiger partial charge >= 0.3 is 0 Å². The second kappa shape index (κ2) is 7.68. The number of phenolic OH excluding ortho intramolecular Hbond substituents is 1. The summed E-state index contributed by atoms with van der Waals surface area (Å²) < 4.78 is 6.32. The van der Waals surface area contributed by atoms with Crippen molar-refractivity contribution in [3.63, 3.8) is 0 Å². The topological polar surface area (TPSA) is 29.5 Å². The summed E-state index contributed by atoms with van der Waals surface area (Å²) in [6, 6.07) is 7.51. The zero-order chi connectivity index (χ0) is 14.3. The molecule has 2 nitrogen and oxygen atoms in total. The standard InChI is InChI=1S/C18H28O2/c1-2-3-7-12-18(13-8-4-9-14-18)20-15-16-10-5-6-11-17(16)19/h5-6,10-11,19H,2-4,7-9,12-15H2,1H3. The van der Waals surface area contributed by atoms with Gasteiger partial charge in [0.05, 0.1) is 12.2 Å². The van der Waals surface area contributed by atoms with Gasteiger partial charge < -0.3 is 9.84 Å². The van der Waals surface area contributed by atoms with Crippen molar-refractivity contribution in [1.82, 2.24) is 0 Å². The highest BCUT2D eigenvalue weighted by atomic mass is 16.5. The van der Waals surface area contributed by atoms with Crippen molar-refractivity contribution in [2.45, 2.75) is 76.9 Å².